The van der Waals surface area contributed by atoms with Gasteiger partial charge >= 0.3 is 5.97 Å². The summed E-state index contributed by atoms with van der Waals surface area (Å²) in [6.45, 7) is -0.0974. The molecule has 0 bridgehead atoms. The van der Waals surface area contributed by atoms with Crippen LogP contribution in [0, 0.1) is 11.3 Å². The minimum atomic E-state index is -1.50. The van der Waals surface area contributed by atoms with E-state index in [1.807, 2.05) is 30.3 Å². The maximum atomic E-state index is 13.1. The quantitative estimate of drug-likeness (QED) is 0.613. The molecule has 0 radical (unpaired) electrons. The fraction of sp³-hybridized carbons (Fsp3) is 0.375. The number of nitrogens with zero attached hydrogens (tertiary/aromatic N) is 2. The minimum Gasteiger partial charge on any atom is -0.481 e. The lowest BCUT2D eigenvalue weighted by molar-refractivity contribution is -0.164. The van der Waals surface area contributed by atoms with Crippen molar-refractivity contribution < 1.29 is 29.0 Å². The highest BCUT2D eigenvalue weighted by Crippen LogP contribution is 2.47. The van der Waals surface area contributed by atoms with Gasteiger partial charge in [0.2, 0.25) is 17.7 Å². The summed E-state index contributed by atoms with van der Waals surface area (Å²) in [5.74, 6) is -4.01. The number of carbonyl (C=O) groups excluding carboxylic acids is 3. The number of piperidine rings is 1. The number of pyridine rings is 1. The normalized spacial score (nSPS) is 19.2. The van der Waals surface area contributed by atoms with Crippen LogP contribution in [-0.4, -0.2) is 58.8 Å². The van der Waals surface area contributed by atoms with Gasteiger partial charge in [0, 0.05) is 36.3 Å². The Hall–Kier alpha value is -3.75. The summed E-state index contributed by atoms with van der Waals surface area (Å²) >= 11 is 0. The molecule has 1 saturated carbocycles. The Morgan fingerprint density at radius 2 is 1.85 bits per heavy atom. The van der Waals surface area contributed by atoms with Crippen molar-refractivity contribution in [1.82, 2.24) is 15.2 Å². The highest BCUT2D eigenvalue weighted by molar-refractivity contribution is 6.21. The first kappa shape index (κ1) is 22.4. The third kappa shape index (κ3) is 4.44. The predicted octanol–water partition coefficient (Wildman–Crippen LogP) is 1.66. The summed E-state index contributed by atoms with van der Waals surface area (Å²) in [6.07, 6.45) is 3.83. The second kappa shape index (κ2) is 9.01. The number of nitrogens with one attached hydrogen (secondary N) is 1. The van der Waals surface area contributed by atoms with E-state index in [0.29, 0.717) is 18.7 Å². The van der Waals surface area contributed by atoms with Crippen LogP contribution in [0.4, 0.5) is 0 Å². The average Bonchev–Trinajstić information content (AvgIpc) is 2.79. The van der Waals surface area contributed by atoms with Crippen LogP contribution < -0.4 is 10.1 Å². The Kier molecular flexibility index (Phi) is 6.13. The number of ketones is 1. The summed E-state index contributed by atoms with van der Waals surface area (Å²) in [4.78, 5) is 55.2. The topological polar surface area (TPSA) is 126 Å². The second-order valence-electron chi connectivity index (χ2n) is 8.52. The van der Waals surface area contributed by atoms with Gasteiger partial charge in [-0.3, -0.25) is 19.2 Å². The zero-order valence-corrected chi connectivity index (χ0v) is 18.2. The average molecular weight is 451 g/mol. The number of hydrogen-bond donors (Lipinski definition) is 2. The van der Waals surface area contributed by atoms with Gasteiger partial charge in [0.25, 0.3) is 0 Å². The molecule has 1 saturated heterocycles. The van der Waals surface area contributed by atoms with E-state index in [1.165, 1.54) is 0 Å². The lowest BCUT2D eigenvalue weighted by Crippen LogP contribution is -2.62. The smallest absolute Gasteiger partial charge is 0.322 e. The number of ether oxygens (including phenoxy) is 1. The summed E-state index contributed by atoms with van der Waals surface area (Å²) < 4.78 is 5.08. The third-order valence-corrected chi connectivity index (χ3v) is 6.43. The number of carboxylic acids is 1. The number of aromatic nitrogens is 1. The van der Waals surface area contributed by atoms with Crippen molar-refractivity contribution in [3.05, 3.63) is 48.2 Å². The van der Waals surface area contributed by atoms with Crippen LogP contribution in [0.15, 0.2) is 42.6 Å². The molecule has 1 aliphatic carbocycles. The van der Waals surface area contributed by atoms with Crippen LogP contribution >= 0.6 is 0 Å². The first-order valence-electron chi connectivity index (χ1n) is 10.7. The zero-order chi connectivity index (χ0) is 23.6. The lowest BCUT2D eigenvalue weighted by Gasteiger charge is -2.49. The molecule has 2 amide bonds. The van der Waals surface area contributed by atoms with Gasteiger partial charge < -0.3 is 20.1 Å². The number of likely N-dealkylation sites (tertiary alicyclic amines) is 1. The van der Waals surface area contributed by atoms with Crippen molar-refractivity contribution in [1.29, 1.82) is 0 Å². The largest absolute Gasteiger partial charge is 0.481 e. The molecule has 9 nitrogen and oxygen atoms in total. The van der Waals surface area contributed by atoms with E-state index in [2.05, 4.69) is 10.3 Å². The minimum absolute atomic E-state index is 0.262. The SMILES string of the molecule is COc1ccc(-c2ccc(CN3CC4(CCC4)C(=O)C(C(=O)NCC(=O)O)C3=O)cc2)cn1. The van der Waals surface area contributed by atoms with Crippen molar-refractivity contribution in [2.45, 2.75) is 25.8 Å². The molecule has 2 fully saturated rings. The fourth-order valence-corrected chi connectivity index (χ4v) is 4.45. The maximum Gasteiger partial charge on any atom is 0.322 e. The van der Waals surface area contributed by atoms with Gasteiger partial charge in [-0.2, -0.15) is 0 Å². The van der Waals surface area contributed by atoms with Crippen molar-refractivity contribution in [2.24, 2.45) is 11.3 Å². The zero-order valence-electron chi connectivity index (χ0n) is 18.2. The molecule has 172 valence electrons. The van der Waals surface area contributed by atoms with Crippen LogP contribution in [-0.2, 0) is 25.7 Å². The van der Waals surface area contributed by atoms with Crippen LogP contribution in [0.5, 0.6) is 5.88 Å². The van der Waals surface area contributed by atoms with E-state index in [9.17, 15) is 19.2 Å². The number of carboxylic acid groups (broad SMARTS) is 1. The van der Waals surface area contributed by atoms with Crippen molar-refractivity contribution in [2.75, 3.05) is 20.2 Å². The van der Waals surface area contributed by atoms with Crippen LogP contribution in [0.25, 0.3) is 11.1 Å². The lowest BCUT2D eigenvalue weighted by atomic mass is 9.61. The standard InChI is InChI=1S/C24H25N3O6/c1-33-18-8-7-17(11-25-18)16-5-3-15(4-6-16)13-27-14-24(9-2-10-24)21(30)20(23(27)32)22(31)26-12-19(28)29/h3-8,11,20H,2,9-10,12-14H2,1H3,(H,26,31)(H,28,29). The van der Waals surface area contributed by atoms with E-state index < -0.39 is 35.7 Å². The molecule has 9 heteroatoms. The monoisotopic (exact) mass is 451 g/mol. The van der Waals surface area contributed by atoms with Crippen LogP contribution in [0.3, 0.4) is 0 Å². The van der Waals surface area contributed by atoms with Crippen molar-refractivity contribution in [3.63, 3.8) is 0 Å². The number of hydrogen-bond acceptors (Lipinski definition) is 6. The van der Waals surface area contributed by atoms with Crippen molar-refractivity contribution in [3.8, 4) is 17.0 Å². The van der Waals surface area contributed by atoms with E-state index in [1.54, 1.807) is 24.3 Å². The molecule has 1 atom stereocenters. The summed E-state index contributed by atoms with van der Waals surface area (Å²) in [5.41, 5.74) is 2.02. The number of aliphatic carboxylic acids is 1. The molecule has 1 spiro atoms. The van der Waals surface area contributed by atoms with E-state index in [0.717, 1.165) is 23.1 Å². The van der Waals surface area contributed by atoms with Crippen LogP contribution in [0.2, 0.25) is 0 Å². The Morgan fingerprint density at radius 1 is 1.15 bits per heavy atom. The summed E-state index contributed by atoms with van der Waals surface area (Å²) in [5, 5.41) is 11.0. The highest BCUT2D eigenvalue weighted by Gasteiger charge is 2.56. The molecule has 2 aromatic rings. The molecule has 1 aliphatic heterocycles. The predicted molar refractivity (Wildman–Crippen MR) is 117 cm³/mol. The maximum absolute atomic E-state index is 13.1. The number of amides is 2. The Balaban J connectivity index is 1.51. The van der Waals surface area contributed by atoms with Gasteiger partial charge in [0.15, 0.2) is 11.7 Å². The summed E-state index contributed by atoms with van der Waals surface area (Å²) in [6, 6.07) is 11.3. The molecule has 4 rings (SSSR count). The molecular weight excluding hydrogens is 426 g/mol. The van der Waals surface area contributed by atoms with E-state index >= 15 is 0 Å². The number of benzene rings is 1. The summed E-state index contributed by atoms with van der Waals surface area (Å²) in [7, 11) is 1.56. The Bertz CT molecular complexity index is 1080. The number of Topliss-reactive ketones (excluding diaryl/α,β-unsaturated/α-hetero) is 1. The van der Waals surface area contributed by atoms with Gasteiger partial charge in [-0.15, -0.1) is 0 Å². The molecule has 2 aliphatic rings. The van der Waals surface area contributed by atoms with Crippen LogP contribution in [0.1, 0.15) is 24.8 Å². The first-order chi connectivity index (χ1) is 15.8. The van der Waals surface area contributed by atoms with Crippen molar-refractivity contribution >= 4 is 23.6 Å². The Labute approximate surface area is 190 Å². The molecule has 1 aromatic carbocycles. The number of methoxy groups -OCH3 is 1. The second-order valence-corrected chi connectivity index (χ2v) is 8.52. The molecule has 1 aromatic heterocycles. The molecular formula is C24H25N3O6. The van der Waals surface area contributed by atoms with Gasteiger partial charge in [0.1, 0.15) is 6.54 Å². The number of carbonyl (C=O) groups is 4. The molecule has 1 unspecified atom stereocenters. The third-order valence-electron chi connectivity index (χ3n) is 6.43. The van der Waals surface area contributed by atoms with Gasteiger partial charge in [-0.25, -0.2) is 4.98 Å². The fourth-order valence-electron chi connectivity index (χ4n) is 4.45. The molecule has 2 N–H and O–H groups in total. The van der Waals surface area contributed by atoms with Gasteiger partial charge in [-0.1, -0.05) is 30.7 Å². The molecule has 2 heterocycles. The first-order valence-corrected chi connectivity index (χ1v) is 10.7. The Morgan fingerprint density at radius 3 is 2.39 bits per heavy atom. The molecule has 33 heavy (non-hydrogen) atoms. The van der Waals surface area contributed by atoms with Gasteiger partial charge in [0.05, 0.1) is 7.11 Å². The van der Waals surface area contributed by atoms with E-state index in [4.69, 9.17) is 9.84 Å². The highest BCUT2D eigenvalue weighted by atomic mass is 16.5. The van der Waals surface area contributed by atoms with Gasteiger partial charge in [-0.05, 0) is 30.0 Å². The van der Waals surface area contributed by atoms with E-state index in [-0.39, 0.29) is 18.9 Å². The number of rotatable bonds is 7.